The predicted molar refractivity (Wildman–Crippen MR) is 69.9 cm³/mol. The van der Waals surface area contributed by atoms with E-state index in [2.05, 4.69) is 15.6 Å². The van der Waals surface area contributed by atoms with Crippen LogP contribution in [0.25, 0.3) is 5.69 Å². The molecule has 0 radical (unpaired) electrons. The van der Waals surface area contributed by atoms with Gasteiger partial charge in [0.2, 0.25) is 5.91 Å². The summed E-state index contributed by atoms with van der Waals surface area (Å²) in [7, 11) is 0. The van der Waals surface area contributed by atoms with Gasteiger partial charge in [-0.05, 0) is 12.1 Å². The molecule has 1 aromatic heterocycles. The third kappa shape index (κ3) is 3.60. The fourth-order valence-corrected chi connectivity index (χ4v) is 1.55. The lowest BCUT2D eigenvalue weighted by Gasteiger charge is -2.10. The van der Waals surface area contributed by atoms with E-state index in [0.717, 1.165) is 5.69 Å². The summed E-state index contributed by atoms with van der Waals surface area (Å²) in [5.41, 5.74) is 6.67. The van der Waals surface area contributed by atoms with Crippen LogP contribution in [0.15, 0.2) is 36.7 Å². The summed E-state index contributed by atoms with van der Waals surface area (Å²) >= 11 is 0. The molecule has 7 heteroatoms. The highest BCUT2D eigenvalue weighted by Gasteiger charge is 2.08. The van der Waals surface area contributed by atoms with Crippen LogP contribution in [0.2, 0.25) is 0 Å². The van der Waals surface area contributed by atoms with Gasteiger partial charge in [0.1, 0.15) is 6.61 Å². The minimum atomic E-state index is -0.235. The lowest BCUT2D eigenvalue weighted by atomic mass is 10.2. The zero-order chi connectivity index (χ0) is 13.5. The number of nitrogens with zero attached hydrogens (tertiary/aromatic N) is 3. The normalized spacial score (nSPS) is 10.4. The number of carbonyl (C=O) groups excluding carboxylic acids is 1. The first-order chi connectivity index (χ1) is 9.31. The minimum Gasteiger partial charge on any atom is -0.370 e. The fourth-order valence-electron chi connectivity index (χ4n) is 1.55. The van der Waals surface area contributed by atoms with Crippen LogP contribution in [0.1, 0.15) is 0 Å². The number of hydrogen-bond donors (Lipinski definition) is 2. The van der Waals surface area contributed by atoms with Crippen LogP contribution in [-0.2, 0) is 9.53 Å². The highest BCUT2D eigenvalue weighted by atomic mass is 16.5. The van der Waals surface area contributed by atoms with Crippen LogP contribution in [0, 0.1) is 0 Å². The lowest BCUT2D eigenvalue weighted by molar-refractivity contribution is -0.120. The van der Waals surface area contributed by atoms with Crippen molar-refractivity contribution < 1.29 is 9.53 Å². The SMILES string of the molecule is NCCOCC(=O)Nc1ccccc1-n1ccnn1. The number of amides is 1. The van der Waals surface area contributed by atoms with Crippen molar-refractivity contribution >= 4 is 11.6 Å². The van der Waals surface area contributed by atoms with E-state index in [1.54, 1.807) is 23.1 Å². The van der Waals surface area contributed by atoms with Crippen LogP contribution in [0.3, 0.4) is 0 Å². The molecule has 2 rings (SSSR count). The molecular formula is C12H15N5O2. The molecule has 100 valence electrons. The number of nitrogens with one attached hydrogen (secondary N) is 1. The van der Waals surface area contributed by atoms with Crippen molar-refractivity contribution in [2.45, 2.75) is 0 Å². The molecule has 0 aliphatic carbocycles. The van der Waals surface area contributed by atoms with E-state index >= 15 is 0 Å². The van der Waals surface area contributed by atoms with Crippen LogP contribution >= 0.6 is 0 Å². The number of anilines is 1. The molecule has 7 nitrogen and oxygen atoms in total. The Labute approximate surface area is 110 Å². The topological polar surface area (TPSA) is 95.1 Å². The smallest absolute Gasteiger partial charge is 0.250 e. The van der Waals surface area contributed by atoms with E-state index < -0.39 is 0 Å². The molecule has 0 aliphatic rings. The molecule has 1 aromatic carbocycles. The Kier molecular flexibility index (Phi) is 4.60. The minimum absolute atomic E-state index is 0.0249. The van der Waals surface area contributed by atoms with Crippen molar-refractivity contribution in [1.29, 1.82) is 0 Å². The monoisotopic (exact) mass is 261 g/mol. The Morgan fingerprint density at radius 3 is 3.00 bits per heavy atom. The second kappa shape index (κ2) is 6.62. The maximum Gasteiger partial charge on any atom is 0.250 e. The molecule has 3 N–H and O–H groups in total. The Morgan fingerprint density at radius 2 is 2.26 bits per heavy atom. The first kappa shape index (κ1) is 13.2. The quantitative estimate of drug-likeness (QED) is 0.723. The predicted octanol–water partition coefficient (Wildman–Crippen LogP) is 0.181. The molecule has 0 spiro atoms. The summed E-state index contributed by atoms with van der Waals surface area (Å²) < 4.78 is 6.66. The summed E-state index contributed by atoms with van der Waals surface area (Å²) in [5, 5.41) is 10.4. The second-order valence-electron chi connectivity index (χ2n) is 3.75. The molecule has 2 aromatic rings. The van der Waals surface area contributed by atoms with Crippen LogP contribution in [0.4, 0.5) is 5.69 Å². The van der Waals surface area contributed by atoms with E-state index in [1.807, 2.05) is 18.2 Å². The van der Waals surface area contributed by atoms with Gasteiger partial charge in [0.15, 0.2) is 0 Å². The van der Waals surface area contributed by atoms with Gasteiger partial charge >= 0.3 is 0 Å². The number of benzene rings is 1. The van der Waals surface area contributed by atoms with Gasteiger partial charge in [0.25, 0.3) is 0 Å². The van der Waals surface area contributed by atoms with Gasteiger partial charge in [-0.15, -0.1) is 5.10 Å². The summed E-state index contributed by atoms with van der Waals surface area (Å²) in [6, 6.07) is 7.32. The highest BCUT2D eigenvalue weighted by molar-refractivity contribution is 5.93. The first-order valence-corrected chi connectivity index (χ1v) is 5.84. The Balaban J connectivity index is 2.06. The lowest BCUT2D eigenvalue weighted by Crippen LogP contribution is -2.21. The Morgan fingerprint density at radius 1 is 1.42 bits per heavy atom. The van der Waals surface area contributed by atoms with E-state index in [9.17, 15) is 4.79 Å². The molecule has 1 heterocycles. The molecule has 0 unspecified atom stereocenters. The van der Waals surface area contributed by atoms with Gasteiger partial charge in [0, 0.05) is 6.54 Å². The summed E-state index contributed by atoms with van der Waals surface area (Å²) in [5.74, 6) is -0.235. The molecule has 0 aliphatic heterocycles. The number of nitrogens with two attached hydrogens (primary N) is 1. The molecule has 0 fully saturated rings. The summed E-state index contributed by atoms with van der Waals surface area (Å²) in [6.45, 7) is 0.726. The molecule has 1 amide bonds. The van der Waals surface area contributed by atoms with Crippen molar-refractivity contribution in [3.05, 3.63) is 36.7 Å². The van der Waals surface area contributed by atoms with Crippen LogP contribution in [0.5, 0.6) is 0 Å². The first-order valence-electron chi connectivity index (χ1n) is 5.84. The summed E-state index contributed by atoms with van der Waals surface area (Å²) in [4.78, 5) is 11.7. The van der Waals surface area contributed by atoms with Crippen molar-refractivity contribution in [2.24, 2.45) is 5.73 Å². The zero-order valence-electron chi connectivity index (χ0n) is 10.3. The van der Waals surface area contributed by atoms with Gasteiger partial charge in [-0.1, -0.05) is 17.3 Å². The fraction of sp³-hybridized carbons (Fsp3) is 0.250. The number of ether oxygens (including phenoxy) is 1. The maximum absolute atomic E-state index is 11.7. The number of rotatable bonds is 6. The van der Waals surface area contributed by atoms with Crippen LogP contribution < -0.4 is 11.1 Å². The zero-order valence-corrected chi connectivity index (χ0v) is 10.3. The van der Waals surface area contributed by atoms with Crippen molar-refractivity contribution in [3.8, 4) is 5.69 Å². The third-order valence-electron chi connectivity index (χ3n) is 2.34. The maximum atomic E-state index is 11.7. The van der Waals surface area contributed by atoms with Crippen molar-refractivity contribution in [1.82, 2.24) is 15.0 Å². The number of para-hydroxylation sites is 2. The molecule has 0 bridgehead atoms. The van der Waals surface area contributed by atoms with E-state index in [4.69, 9.17) is 10.5 Å². The highest BCUT2D eigenvalue weighted by Crippen LogP contribution is 2.18. The second-order valence-corrected chi connectivity index (χ2v) is 3.75. The molecule has 0 atom stereocenters. The summed E-state index contributed by atoms with van der Waals surface area (Å²) in [6.07, 6.45) is 3.28. The van der Waals surface area contributed by atoms with Crippen molar-refractivity contribution in [3.63, 3.8) is 0 Å². The van der Waals surface area contributed by atoms with E-state index in [0.29, 0.717) is 18.8 Å². The number of aromatic nitrogens is 3. The Hall–Kier alpha value is -2.25. The van der Waals surface area contributed by atoms with Gasteiger partial charge in [-0.25, -0.2) is 4.68 Å². The molecule has 0 saturated heterocycles. The average molecular weight is 261 g/mol. The van der Waals surface area contributed by atoms with Crippen LogP contribution in [-0.4, -0.2) is 40.7 Å². The van der Waals surface area contributed by atoms with Crippen molar-refractivity contribution in [2.75, 3.05) is 25.1 Å². The number of carbonyl (C=O) groups is 1. The molecule has 0 saturated carbocycles. The Bertz CT molecular complexity index is 527. The number of hydrogen-bond acceptors (Lipinski definition) is 5. The van der Waals surface area contributed by atoms with E-state index in [-0.39, 0.29) is 12.5 Å². The van der Waals surface area contributed by atoms with E-state index in [1.165, 1.54) is 0 Å². The molecular weight excluding hydrogens is 246 g/mol. The van der Waals surface area contributed by atoms with Gasteiger partial charge in [-0.3, -0.25) is 4.79 Å². The third-order valence-corrected chi connectivity index (χ3v) is 2.34. The van der Waals surface area contributed by atoms with Gasteiger partial charge < -0.3 is 15.8 Å². The van der Waals surface area contributed by atoms with Gasteiger partial charge in [-0.2, -0.15) is 0 Å². The standard InChI is InChI=1S/C12H15N5O2/c13-5-8-19-9-12(18)15-10-3-1-2-4-11(10)17-7-6-14-16-17/h1-4,6-7H,5,8-9,13H2,(H,15,18). The van der Waals surface area contributed by atoms with Gasteiger partial charge in [0.05, 0.1) is 30.4 Å². The average Bonchev–Trinajstić information content (AvgIpc) is 2.93. The molecule has 19 heavy (non-hydrogen) atoms. The largest absolute Gasteiger partial charge is 0.370 e.